The fraction of sp³-hybridized carbons (Fsp3) is 0.524. The van der Waals surface area contributed by atoms with Crippen LogP contribution in [0.3, 0.4) is 0 Å². The van der Waals surface area contributed by atoms with E-state index in [1.54, 1.807) is 0 Å². The summed E-state index contributed by atoms with van der Waals surface area (Å²) in [5.74, 6) is 1.96. The average Bonchev–Trinajstić information content (AvgIpc) is 3.21. The van der Waals surface area contributed by atoms with Gasteiger partial charge in [-0.15, -0.1) is 0 Å². The van der Waals surface area contributed by atoms with Crippen LogP contribution in [0.15, 0.2) is 24.4 Å². The second-order valence-corrected chi connectivity index (χ2v) is 7.73. The molecule has 0 aliphatic carbocycles. The number of piperazine rings is 1. The lowest BCUT2D eigenvalue weighted by Crippen LogP contribution is -2.47. The third-order valence-corrected chi connectivity index (χ3v) is 6.15. The third kappa shape index (κ3) is 3.28. The Kier molecular flexibility index (Phi) is 4.45. The fourth-order valence-electron chi connectivity index (χ4n) is 4.34. The number of aromatic nitrogens is 2. The number of ether oxygens (including phenoxy) is 1. The number of benzene rings is 1. The van der Waals surface area contributed by atoms with Crippen LogP contribution in [0.5, 0.6) is 5.75 Å². The van der Waals surface area contributed by atoms with Crippen LogP contribution in [0.2, 0.25) is 0 Å². The molecule has 6 heteroatoms. The maximum absolute atomic E-state index is 5.75. The zero-order valence-corrected chi connectivity index (χ0v) is 15.9. The van der Waals surface area contributed by atoms with Gasteiger partial charge in [0.25, 0.3) is 0 Å². The van der Waals surface area contributed by atoms with Crippen molar-refractivity contribution in [2.75, 3.05) is 44.2 Å². The molecule has 2 aromatic rings. The van der Waals surface area contributed by atoms with Crippen molar-refractivity contribution in [1.29, 1.82) is 0 Å². The van der Waals surface area contributed by atoms with Gasteiger partial charge in [0.2, 0.25) is 5.95 Å². The van der Waals surface area contributed by atoms with Crippen LogP contribution in [0, 0.1) is 0 Å². The number of anilines is 1. The maximum atomic E-state index is 5.75. The van der Waals surface area contributed by atoms with E-state index < -0.39 is 0 Å². The smallest absolute Gasteiger partial charge is 0.225 e. The van der Waals surface area contributed by atoms with Crippen LogP contribution in [0.25, 0.3) is 0 Å². The molecule has 1 unspecified atom stereocenters. The molecule has 0 bridgehead atoms. The summed E-state index contributed by atoms with van der Waals surface area (Å²) in [5.41, 5.74) is 5.15. The Balaban J connectivity index is 1.25. The summed E-state index contributed by atoms with van der Waals surface area (Å²) in [7, 11) is 0. The lowest BCUT2D eigenvalue weighted by Gasteiger charge is -2.38. The topological polar surface area (TPSA) is 53.5 Å². The summed E-state index contributed by atoms with van der Waals surface area (Å²) in [6.45, 7) is 9.00. The first-order valence-electron chi connectivity index (χ1n) is 10.1. The van der Waals surface area contributed by atoms with Crippen molar-refractivity contribution in [2.45, 2.75) is 32.4 Å². The number of hydrogen-bond donors (Lipinski definition) is 1. The second kappa shape index (κ2) is 7.09. The quantitative estimate of drug-likeness (QED) is 0.897. The molecule has 27 heavy (non-hydrogen) atoms. The van der Waals surface area contributed by atoms with Gasteiger partial charge in [-0.25, -0.2) is 9.97 Å². The molecular formula is C21H27N5O. The summed E-state index contributed by atoms with van der Waals surface area (Å²) in [4.78, 5) is 14.3. The van der Waals surface area contributed by atoms with E-state index >= 15 is 0 Å². The van der Waals surface area contributed by atoms with Crippen molar-refractivity contribution in [1.82, 2.24) is 20.2 Å². The van der Waals surface area contributed by atoms with Crippen LogP contribution in [0.4, 0.5) is 5.95 Å². The van der Waals surface area contributed by atoms with Crippen LogP contribution in [0.1, 0.15) is 35.3 Å². The minimum Gasteiger partial charge on any atom is -0.493 e. The standard InChI is InChI=1S/C21H27N5O/c1-15(17-3-2-16-5-11-27-20(16)12-17)25-7-9-26(10-8-25)21-23-13-18-4-6-22-14-19(18)24-21/h2-3,12-13,15,22H,4-11,14H2,1H3. The molecule has 4 heterocycles. The van der Waals surface area contributed by atoms with Gasteiger partial charge in [0.15, 0.2) is 0 Å². The summed E-state index contributed by atoms with van der Waals surface area (Å²) < 4.78 is 5.75. The van der Waals surface area contributed by atoms with Gasteiger partial charge in [-0.1, -0.05) is 12.1 Å². The summed E-state index contributed by atoms with van der Waals surface area (Å²) in [6.07, 6.45) is 4.10. The highest BCUT2D eigenvalue weighted by Gasteiger charge is 2.25. The van der Waals surface area contributed by atoms with E-state index in [0.717, 1.165) is 70.4 Å². The van der Waals surface area contributed by atoms with E-state index in [-0.39, 0.29) is 0 Å². The van der Waals surface area contributed by atoms with Crippen molar-refractivity contribution in [3.05, 3.63) is 46.8 Å². The Morgan fingerprint density at radius 2 is 2.00 bits per heavy atom. The van der Waals surface area contributed by atoms with Gasteiger partial charge in [0, 0.05) is 51.4 Å². The second-order valence-electron chi connectivity index (χ2n) is 7.73. The number of rotatable bonds is 3. The van der Waals surface area contributed by atoms with E-state index in [4.69, 9.17) is 9.72 Å². The highest BCUT2D eigenvalue weighted by molar-refractivity contribution is 5.41. The monoisotopic (exact) mass is 365 g/mol. The van der Waals surface area contributed by atoms with Crippen molar-refractivity contribution >= 4 is 5.95 Å². The minimum absolute atomic E-state index is 0.398. The molecule has 3 aliphatic rings. The largest absolute Gasteiger partial charge is 0.493 e. The van der Waals surface area contributed by atoms with E-state index in [0.29, 0.717) is 6.04 Å². The molecule has 6 nitrogen and oxygen atoms in total. The van der Waals surface area contributed by atoms with Crippen molar-refractivity contribution in [3.8, 4) is 5.75 Å². The van der Waals surface area contributed by atoms with Crippen molar-refractivity contribution < 1.29 is 4.74 Å². The Hall–Kier alpha value is -2.18. The first kappa shape index (κ1) is 17.0. The molecule has 1 fully saturated rings. The number of nitrogens with one attached hydrogen (secondary N) is 1. The predicted octanol–water partition coefficient (Wildman–Crippen LogP) is 1.94. The summed E-state index contributed by atoms with van der Waals surface area (Å²) in [5, 5.41) is 3.40. The summed E-state index contributed by atoms with van der Waals surface area (Å²) in [6, 6.07) is 7.14. The van der Waals surface area contributed by atoms with Crippen molar-refractivity contribution in [2.24, 2.45) is 0 Å². The highest BCUT2D eigenvalue weighted by Crippen LogP contribution is 2.31. The van der Waals surface area contributed by atoms with Gasteiger partial charge in [-0.3, -0.25) is 4.90 Å². The molecule has 1 saturated heterocycles. The number of fused-ring (bicyclic) bond motifs is 2. The normalized spacial score (nSPS) is 20.7. The average molecular weight is 365 g/mol. The van der Waals surface area contributed by atoms with Crippen LogP contribution in [-0.2, 0) is 19.4 Å². The lowest BCUT2D eigenvalue weighted by molar-refractivity contribution is 0.197. The number of nitrogens with zero attached hydrogens (tertiary/aromatic N) is 4. The molecule has 0 saturated carbocycles. The SMILES string of the molecule is CC(c1ccc2c(c1)OCC2)N1CCN(c2ncc3c(n2)CNCC3)CC1. The molecule has 1 N–H and O–H groups in total. The van der Waals surface area contributed by atoms with Gasteiger partial charge >= 0.3 is 0 Å². The molecule has 142 valence electrons. The van der Waals surface area contributed by atoms with E-state index in [9.17, 15) is 0 Å². The zero-order valence-electron chi connectivity index (χ0n) is 15.9. The van der Waals surface area contributed by atoms with Crippen LogP contribution < -0.4 is 15.0 Å². The van der Waals surface area contributed by atoms with Gasteiger partial charge in [0.1, 0.15) is 5.75 Å². The fourth-order valence-corrected chi connectivity index (χ4v) is 4.34. The van der Waals surface area contributed by atoms with Crippen LogP contribution >= 0.6 is 0 Å². The predicted molar refractivity (Wildman–Crippen MR) is 105 cm³/mol. The lowest BCUT2D eigenvalue weighted by atomic mass is 10.0. The molecule has 0 spiro atoms. The Labute approximate surface area is 160 Å². The zero-order chi connectivity index (χ0) is 18.2. The van der Waals surface area contributed by atoms with E-state index in [1.165, 1.54) is 22.4 Å². The molecule has 1 atom stereocenters. The van der Waals surface area contributed by atoms with Crippen molar-refractivity contribution in [3.63, 3.8) is 0 Å². The molecule has 0 amide bonds. The molecule has 0 radical (unpaired) electrons. The van der Waals surface area contributed by atoms with Gasteiger partial charge in [-0.2, -0.15) is 0 Å². The third-order valence-electron chi connectivity index (χ3n) is 6.15. The highest BCUT2D eigenvalue weighted by atomic mass is 16.5. The summed E-state index contributed by atoms with van der Waals surface area (Å²) >= 11 is 0. The number of hydrogen-bond acceptors (Lipinski definition) is 6. The molecule has 1 aromatic heterocycles. The Morgan fingerprint density at radius 3 is 2.89 bits per heavy atom. The van der Waals surface area contributed by atoms with E-state index in [1.807, 2.05) is 6.20 Å². The van der Waals surface area contributed by atoms with Gasteiger partial charge in [-0.05, 0) is 42.6 Å². The molecule has 3 aliphatic heterocycles. The first-order chi connectivity index (χ1) is 13.3. The molecule has 5 rings (SSSR count). The molecule has 1 aromatic carbocycles. The van der Waals surface area contributed by atoms with Gasteiger partial charge in [0.05, 0.1) is 12.3 Å². The van der Waals surface area contributed by atoms with E-state index in [2.05, 4.69) is 45.2 Å². The molecular weight excluding hydrogens is 338 g/mol. The van der Waals surface area contributed by atoms with Gasteiger partial charge < -0.3 is 15.0 Å². The van der Waals surface area contributed by atoms with Crippen LogP contribution in [-0.4, -0.2) is 54.2 Å². The minimum atomic E-state index is 0.398. The Bertz CT molecular complexity index is 831. The maximum Gasteiger partial charge on any atom is 0.225 e. The Morgan fingerprint density at radius 1 is 1.11 bits per heavy atom. The first-order valence-corrected chi connectivity index (χ1v) is 10.1.